The Hall–Kier alpha value is -2.14. The van der Waals surface area contributed by atoms with Crippen LogP contribution in [-0.4, -0.2) is 36.4 Å². The minimum absolute atomic E-state index is 0.0580. The number of aliphatic hydroxyl groups is 1. The Morgan fingerprint density at radius 2 is 0.426 bits per heavy atom. The molecule has 0 aliphatic rings. The Morgan fingerprint density at radius 3 is 0.628 bits per heavy atom. The molecule has 0 amide bonds. The summed E-state index contributed by atoms with van der Waals surface area (Å²) >= 11 is 0. The van der Waals surface area contributed by atoms with Gasteiger partial charge in [0.05, 0.1) is 6.61 Å². The highest BCUT2D eigenvalue weighted by atomic mass is 16.6. The monoisotopic (exact) mass is 1320 g/mol. The van der Waals surface area contributed by atoms with E-state index in [2.05, 4.69) is 62.5 Å². The third-order valence-electron chi connectivity index (χ3n) is 20.1. The van der Waals surface area contributed by atoms with Crippen molar-refractivity contribution in [2.75, 3.05) is 13.2 Å². The summed E-state index contributed by atoms with van der Waals surface area (Å²) in [7, 11) is 0. The molecule has 0 aromatic heterocycles. The van der Waals surface area contributed by atoms with E-state index in [1.54, 1.807) is 0 Å². The van der Waals surface area contributed by atoms with Gasteiger partial charge in [-0.05, 0) is 77.0 Å². The first-order valence-corrected chi connectivity index (χ1v) is 43.2. The highest BCUT2D eigenvalue weighted by Crippen LogP contribution is 2.21. The number of hydrogen-bond acceptors (Lipinski definition) is 5. The SMILES string of the molecule is CCCCCCC/C=C\C/C=C\CCCCCCCCCCCCCCCCCCCCCCCCCCCCCCCC(=O)OC(CO)COC(=O)CCCCCCCCCCCCCCCCCCCCCCCCCCCCC/C=C\C/C=C\CCCCCCC. The van der Waals surface area contributed by atoms with E-state index in [-0.39, 0.29) is 25.2 Å². The van der Waals surface area contributed by atoms with E-state index in [9.17, 15) is 14.7 Å². The molecule has 0 aliphatic carbocycles. The molecule has 0 saturated carbocycles. The number of unbranched alkanes of at least 4 members (excludes halogenated alkanes) is 66. The topological polar surface area (TPSA) is 72.8 Å². The highest BCUT2D eigenvalue weighted by molar-refractivity contribution is 5.70. The van der Waals surface area contributed by atoms with Gasteiger partial charge >= 0.3 is 11.9 Å². The molecule has 0 saturated heterocycles. The fourth-order valence-electron chi connectivity index (χ4n) is 13.6. The van der Waals surface area contributed by atoms with Crippen molar-refractivity contribution in [3.63, 3.8) is 0 Å². The zero-order chi connectivity index (χ0) is 67.5. The molecule has 0 aromatic rings. The zero-order valence-corrected chi connectivity index (χ0v) is 64.0. The molecule has 0 bridgehead atoms. The van der Waals surface area contributed by atoms with Crippen molar-refractivity contribution >= 4 is 11.9 Å². The summed E-state index contributed by atoms with van der Waals surface area (Å²) in [6, 6.07) is 0. The van der Waals surface area contributed by atoms with Crippen molar-refractivity contribution in [2.45, 2.75) is 495 Å². The Kier molecular flexibility index (Phi) is 83.1. The molecule has 5 heteroatoms. The number of allylic oxidation sites excluding steroid dienone is 8. The van der Waals surface area contributed by atoms with Gasteiger partial charge in [-0.1, -0.05) is 448 Å². The summed E-state index contributed by atoms with van der Waals surface area (Å²) in [5, 5.41) is 9.74. The van der Waals surface area contributed by atoms with E-state index in [0.717, 1.165) is 44.9 Å². The molecule has 0 radical (unpaired) electrons. The van der Waals surface area contributed by atoms with Crippen LogP contribution in [0.5, 0.6) is 0 Å². The van der Waals surface area contributed by atoms with Crippen molar-refractivity contribution in [3.8, 4) is 0 Å². The second kappa shape index (κ2) is 85.1. The number of rotatable bonds is 82. The maximum Gasteiger partial charge on any atom is 0.306 e. The smallest absolute Gasteiger partial charge is 0.306 e. The summed E-state index contributed by atoms with van der Waals surface area (Å²) in [4.78, 5) is 24.8. The molecular weight excluding hydrogens is 1150 g/mol. The van der Waals surface area contributed by atoms with Crippen molar-refractivity contribution in [1.29, 1.82) is 0 Å². The number of aliphatic hydroxyl groups excluding tert-OH is 1. The maximum absolute atomic E-state index is 12.4. The third kappa shape index (κ3) is 82.3. The Bertz CT molecular complexity index is 1550. The summed E-state index contributed by atoms with van der Waals surface area (Å²) < 4.78 is 10.8. The van der Waals surface area contributed by atoms with E-state index >= 15 is 0 Å². The second-order valence-electron chi connectivity index (χ2n) is 29.6. The van der Waals surface area contributed by atoms with Gasteiger partial charge in [0.25, 0.3) is 0 Å². The van der Waals surface area contributed by atoms with E-state index in [1.807, 2.05) is 0 Å². The molecule has 0 spiro atoms. The van der Waals surface area contributed by atoms with Crippen molar-refractivity contribution < 1.29 is 24.2 Å². The standard InChI is InChI=1S/C89H168O5/c1-3-5-7-9-11-13-15-17-19-21-23-25-27-29-31-33-35-37-39-41-43-44-46-48-50-52-54-56-58-60-62-64-66-68-70-72-74-76-78-80-82-84-89(92)94-87(85-90)86-93-88(91)83-81-79-77-75-73-71-69-67-65-63-61-59-57-55-53-51-49-47-45-42-40-38-36-34-32-30-28-26-24-22-20-18-16-14-12-10-8-6-4-2/h15-18,21-24,87,90H,3-14,19-20,25-86H2,1-2H3/b17-15-,18-16-,23-21-,24-22-. The van der Waals surface area contributed by atoms with Crippen LogP contribution in [0, 0.1) is 0 Å². The molecule has 1 atom stereocenters. The molecule has 0 aromatic carbocycles. The first kappa shape index (κ1) is 91.9. The molecule has 0 aliphatic heterocycles. The minimum atomic E-state index is -0.770. The zero-order valence-electron chi connectivity index (χ0n) is 64.0. The fourth-order valence-corrected chi connectivity index (χ4v) is 13.6. The van der Waals surface area contributed by atoms with Gasteiger partial charge in [0.15, 0.2) is 6.10 Å². The summed E-state index contributed by atoms with van der Waals surface area (Å²) in [6.07, 6.45) is 117. The molecule has 1 unspecified atom stereocenters. The van der Waals surface area contributed by atoms with Gasteiger partial charge in [-0.25, -0.2) is 0 Å². The average Bonchev–Trinajstić information content (AvgIpc) is 3.77. The number of carbonyl (C=O) groups is 2. The predicted molar refractivity (Wildman–Crippen MR) is 417 cm³/mol. The quantitative estimate of drug-likeness (QED) is 0.0373. The highest BCUT2D eigenvalue weighted by Gasteiger charge is 2.16. The third-order valence-corrected chi connectivity index (χ3v) is 20.1. The van der Waals surface area contributed by atoms with Crippen LogP contribution >= 0.6 is 0 Å². The lowest BCUT2D eigenvalue weighted by Crippen LogP contribution is -2.28. The van der Waals surface area contributed by atoms with Gasteiger partial charge in [-0.3, -0.25) is 9.59 Å². The van der Waals surface area contributed by atoms with E-state index in [0.29, 0.717) is 12.8 Å². The first-order chi connectivity index (χ1) is 46.6. The molecular formula is C89H168O5. The lowest BCUT2D eigenvalue weighted by molar-refractivity contribution is -0.161. The number of ether oxygens (including phenoxy) is 2. The van der Waals surface area contributed by atoms with Gasteiger partial charge in [-0.15, -0.1) is 0 Å². The molecule has 1 N–H and O–H groups in total. The number of hydrogen-bond donors (Lipinski definition) is 1. The van der Waals surface area contributed by atoms with Gasteiger partial charge in [0, 0.05) is 12.8 Å². The van der Waals surface area contributed by atoms with Gasteiger partial charge in [0.2, 0.25) is 0 Å². The molecule has 0 fully saturated rings. The number of esters is 2. The predicted octanol–water partition coefficient (Wildman–Crippen LogP) is 30.6. The molecule has 0 heterocycles. The fraction of sp³-hybridized carbons (Fsp3) is 0.888. The van der Waals surface area contributed by atoms with Crippen molar-refractivity contribution in [1.82, 2.24) is 0 Å². The second-order valence-corrected chi connectivity index (χ2v) is 29.6. The Morgan fingerprint density at radius 1 is 0.245 bits per heavy atom. The first-order valence-electron chi connectivity index (χ1n) is 43.2. The van der Waals surface area contributed by atoms with Crippen LogP contribution in [0.1, 0.15) is 489 Å². The molecule has 0 rings (SSSR count). The lowest BCUT2D eigenvalue weighted by atomic mass is 10.0. The summed E-state index contributed by atoms with van der Waals surface area (Å²) in [6.45, 7) is 4.19. The van der Waals surface area contributed by atoms with Crippen LogP contribution in [0.4, 0.5) is 0 Å². The van der Waals surface area contributed by atoms with Gasteiger partial charge < -0.3 is 14.6 Å². The van der Waals surface area contributed by atoms with Crippen molar-refractivity contribution in [2.24, 2.45) is 0 Å². The van der Waals surface area contributed by atoms with Crippen LogP contribution in [0.2, 0.25) is 0 Å². The van der Waals surface area contributed by atoms with E-state index in [1.165, 1.54) is 417 Å². The Balaban J connectivity index is 3.34. The van der Waals surface area contributed by atoms with E-state index < -0.39 is 6.10 Å². The Labute approximate surface area is 589 Å². The average molecular weight is 1320 g/mol. The molecule has 94 heavy (non-hydrogen) atoms. The normalized spacial score (nSPS) is 12.3. The largest absolute Gasteiger partial charge is 0.462 e. The van der Waals surface area contributed by atoms with Crippen molar-refractivity contribution in [3.05, 3.63) is 48.6 Å². The maximum atomic E-state index is 12.4. The number of carbonyl (C=O) groups excluding carboxylic acids is 2. The molecule has 5 nitrogen and oxygen atoms in total. The van der Waals surface area contributed by atoms with Crippen LogP contribution in [0.3, 0.4) is 0 Å². The van der Waals surface area contributed by atoms with Crippen LogP contribution in [0.25, 0.3) is 0 Å². The summed E-state index contributed by atoms with van der Waals surface area (Å²) in [5.41, 5.74) is 0. The molecule has 554 valence electrons. The van der Waals surface area contributed by atoms with Crippen LogP contribution in [-0.2, 0) is 19.1 Å². The minimum Gasteiger partial charge on any atom is -0.462 e. The summed E-state index contributed by atoms with van der Waals surface area (Å²) in [5.74, 6) is -0.560. The van der Waals surface area contributed by atoms with Gasteiger partial charge in [-0.2, -0.15) is 0 Å². The lowest BCUT2D eigenvalue weighted by Gasteiger charge is -2.15. The van der Waals surface area contributed by atoms with E-state index in [4.69, 9.17) is 9.47 Å². The van der Waals surface area contributed by atoms with Crippen LogP contribution in [0.15, 0.2) is 48.6 Å². The van der Waals surface area contributed by atoms with Gasteiger partial charge in [0.1, 0.15) is 6.61 Å². The van der Waals surface area contributed by atoms with Crippen LogP contribution < -0.4 is 0 Å².